The van der Waals surface area contributed by atoms with Gasteiger partial charge in [-0.2, -0.15) is 13.2 Å². The number of halogens is 4. The zero-order chi connectivity index (χ0) is 18.5. The lowest BCUT2D eigenvalue weighted by molar-refractivity contribution is -0.139. The summed E-state index contributed by atoms with van der Waals surface area (Å²) in [7, 11) is 0. The van der Waals surface area contributed by atoms with Crippen LogP contribution in [0.2, 0.25) is 5.15 Å². The third-order valence-electron chi connectivity index (χ3n) is 4.16. The summed E-state index contributed by atoms with van der Waals surface area (Å²) in [5.41, 5.74) is 3.64. The molecule has 0 radical (unpaired) electrons. The van der Waals surface area contributed by atoms with Gasteiger partial charge in [-0.05, 0) is 42.3 Å². The van der Waals surface area contributed by atoms with Crippen LogP contribution in [0.15, 0.2) is 42.9 Å². The van der Waals surface area contributed by atoms with Gasteiger partial charge in [-0.3, -0.25) is 4.98 Å². The number of hydrogen-bond acceptors (Lipinski definition) is 3. The lowest BCUT2D eigenvalue weighted by Crippen LogP contribution is -2.17. The van der Waals surface area contributed by atoms with Crippen LogP contribution >= 0.6 is 11.6 Å². The molecule has 0 saturated heterocycles. The molecule has 8 heteroatoms. The Kier molecular flexibility index (Phi) is 3.84. The average molecular weight is 377 g/mol. The van der Waals surface area contributed by atoms with Gasteiger partial charge < -0.3 is 4.57 Å². The van der Waals surface area contributed by atoms with Gasteiger partial charge in [0.25, 0.3) is 0 Å². The van der Waals surface area contributed by atoms with E-state index in [0.29, 0.717) is 16.4 Å². The monoisotopic (exact) mass is 376 g/mol. The SMILES string of the molecule is Cc1cc(-c2ccc3c(c2)c2ncnc(Cl)c2n3CC(F)(F)F)ccn1. The Morgan fingerprint density at radius 1 is 1.04 bits per heavy atom. The second kappa shape index (κ2) is 5.95. The van der Waals surface area contributed by atoms with Crippen molar-refractivity contribution in [3.8, 4) is 11.1 Å². The van der Waals surface area contributed by atoms with Gasteiger partial charge in [0.2, 0.25) is 0 Å². The van der Waals surface area contributed by atoms with Crippen LogP contribution < -0.4 is 0 Å². The molecule has 3 aromatic heterocycles. The molecule has 0 amide bonds. The molecule has 0 spiro atoms. The van der Waals surface area contributed by atoms with E-state index in [1.165, 1.54) is 6.33 Å². The third kappa shape index (κ3) is 2.88. The molecular formula is C18H12ClF3N4. The molecule has 0 saturated carbocycles. The van der Waals surface area contributed by atoms with Crippen molar-refractivity contribution in [3.05, 3.63) is 53.7 Å². The molecule has 0 aliphatic heterocycles. The Hall–Kier alpha value is -2.67. The maximum atomic E-state index is 13.1. The van der Waals surface area contributed by atoms with Crippen molar-refractivity contribution in [2.45, 2.75) is 19.6 Å². The summed E-state index contributed by atoms with van der Waals surface area (Å²) in [6, 6.07) is 9.03. The molecule has 0 aliphatic rings. The fourth-order valence-electron chi connectivity index (χ4n) is 3.12. The molecular weight excluding hydrogens is 365 g/mol. The first-order valence-corrected chi connectivity index (χ1v) is 8.13. The summed E-state index contributed by atoms with van der Waals surface area (Å²) >= 11 is 6.09. The molecule has 1 aromatic carbocycles. The Morgan fingerprint density at radius 3 is 2.54 bits per heavy atom. The van der Waals surface area contributed by atoms with Crippen molar-refractivity contribution in [3.63, 3.8) is 0 Å². The molecule has 3 heterocycles. The van der Waals surface area contributed by atoms with E-state index in [9.17, 15) is 13.2 Å². The molecule has 4 rings (SSSR count). The highest BCUT2D eigenvalue weighted by Crippen LogP contribution is 2.35. The van der Waals surface area contributed by atoms with Crippen LogP contribution in [-0.2, 0) is 6.54 Å². The van der Waals surface area contributed by atoms with Gasteiger partial charge in [0.05, 0.1) is 5.52 Å². The predicted molar refractivity (Wildman–Crippen MR) is 94.1 cm³/mol. The molecule has 0 fully saturated rings. The van der Waals surface area contributed by atoms with E-state index < -0.39 is 12.7 Å². The fraction of sp³-hybridized carbons (Fsp3) is 0.167. The minimum absolute atomic E-state index is 0.00300. The number of aromatic nitrogens is 4. The predicted octanol–water partition coefficient (Wildman–Crippen LogP) is 5.17. The van der Waals surface area contributed by atoms with Crippen molar-refractivity contribution in [1.29, 1.82) is 0 Å². The highest BCUT2D eigenvalue weighted by atomic mass is 35.5. The first kappa shape index (κ1) is 16.8. The van der Waals surface area contributed by atoms with Gasteiger partial charge in [-0.1, -0.05) is 17.7 Å². The summed E-state index contributed by atoms with van der Waals surface area (Å²) in [6.45, 7) is 0.720. The Balaban J connectivity index is 2.02. The Morgan fingerprint density at radius 2 is 1.81 bits per heavy atom. The van der Waals surface area contributed by atoms with Gasteiger partial charge in [0, 0.05) is 17.3 Å². The Bertz CT molecular complexity index is 1130. The summed E-state index contributed by atoms with van der Waals surface area (Å²) in [5, 5.41) is 0.595. The van der Waals surface area contributed by atoms with E-state index in [0.717, 1.165) is 21.4 Å². The number of alkyl halides is 3. The number of rotatable bonds is 2. The van der Waals surface area contributed by atoms with Gasteiger partial charge in [0.15, 0.2) is 5.15 Å². The summed E-state index contributed by atoms with van der Waals surface area (Å²) < 4.78 is 40.4. The minimum Gasteiger partial charge on any atom is -0.327 e. The van der Waals surface area contributed by atoms with Crippen molar-refractivity contribution >= 4 is 33.5 Å². The van der Waals surface area contributed by atoms with Crippen LogP contribution in [0.5, 0.6) is 0 Å². The quantitative estimate of drug-likeness (QED) is 0.453. The average Bonchev–Trinajstić information content (AvgIpc) is 2.88. The molecule has 4 aromatic rings. The number of hydrogen-bond donors (Lipinski definition) is 0. The van der Waals surface area contributed by atoms with E-state index in [2.05, 4.69) is 15.0 Å². The van der Waals surface area contributed by atoms with E-state index >= 15 is 0 Å². The smallest absolute Gasteiger partial charge is 0.327 e. The topological polar surface area (TPSA) is 43.6 Å². The largest absolute Gasteiger partial charge is 0.406 e. The van der Waals surface area contributed by atoms with Crippen molar-refractivity contribution in [2.75, 3.05) is 0 Å². The molecule has 0 aliphatic carbocycles. The van der Waals surface area contributed by atoms with Gasteiger partial charge in [0.1, 0.15) is 23.9 Å². The van der Waals surface area contributed by atoms with Crippen LogP contribution in [0.4, 0.5) is 13.2 Å². The molecule has 0 unspecified atom stereocenters. The normalized spacial score (nSPS) is 12.2. The van der Waals surface area contributed by atoms with E-state index in [-0.39, 0.29) is 10.7 Å². The van der Waals surface area contributed by atoms with Crippen LogP contribution in [0.3, 0.4) is 0 Å². The number of benzene rings is 1. The third-order valence-corrected chi connectivity index (χ3v) is 4.43. The standard InChI is InChI=1S/C18H12ClF3N4/c1-10-6-12(4-5-23-10)11-2-3-14-13(7-11)15-16(17(19)25-9-24-15)26(14)8-18(20,21)22/h2-7,9H,8H2,1H3. The number of pyridine rings is 1. The second-order valence-corrected chi connectivity index (χ2v) is 6.34. The molecule has 26 heavy (non-hydrogen) atoms. The van der Waals surface area contributed by atoms with Crippen molar-refractivity contribution in [2.24, 2.45) is 0 Å². The summed E-state index contributed by atoms with van der Waals surface area (Å²) in [4.78, 5) is 12.2. The first-order chi connectivity index (χ1) is 12.3. The number of nitrogens with zero attached hydrogens (tertiary/aromatic N) is 4. The first-order valence-electron chi connectivity index (χ1n) is 7.76. The maximum absolute atomic E-state index is 13.1. The molecule has 4 nitrogen and oxygen atoms in total. The second-order valence-electron chi connectivity index (χ2n) is 5.98. The van der Waals surface area contributed by atoms with Gasteiger partial charge in [-0.25, -0.2) is 9.97 Å². The molecule has 132 valence electrons. The highest BCUT2D eigenvalue weighted by Gasteiger charge is 2.30. The number of aryl methyl sites for hydroxylation is 1. The van der Waals surface area contributed by atoms with Gasteiger partial charge >= 0.3 is 6.18 Å². The van der Waals surface area contributed by atoms with Crippen LogP contribution in [0, 0.1) is 6.92 Å². The Labute approximate surface area is 151 Å². The van der Waals surface area contributed by atoms with Crippen molar-refractivity contribution < 1.29 is 13.2 Å². The van der Waals surface area contributed by atoms with Crippen LogP contribution in [0.25, 0.3) is 33.1 Å². The highest BCUT2D eigenvalue weighted by molar-refractivity contribution is 6.34. The molecule has 0 atom stereocenters. The molecule has 0 N–H and O–H groups in total. The van der Waals surface area contributed by atoms with E-state index in [4.69, 9.17) is 11.6 Å². The zero-order valence-corrected chi connectivity index (χ0v) is 14.3. The van der Waals surface area contributed by atoms with Crippen molar-refractivity contribution in [1.82, 2.24) is 19.5 Å². The minimum atomic E-state index is -4.39. The maximum Gasteiger partial charge on any atom is 0.406 e. The van der Waals surface area contributed by atoms with Crippen LogP contribution in [0.1, 0.15) is 5.69 Å². The lowest BCUT2D eigenvalue weighted by atomic mass is 10.0. The van der Waals surface area contributed by atoms with E-state index in [1.807, 2.05) is 25.1 Å². The zero-order valence-electron chi connectivity index (χ0n) is 13.5. The summed E-state index contributed by atoms with van der Waals surface area (Å²) in [6.07, 6.45) is -1.44. The van der Waals surface area contributed by atoms with E-state index in [1.54, 1.807) is 18.3 Å². The number of fused-ring (bicyclic) bond motifs is 3. The molecule has 0 bridgehead atoms. The van der Waals surface area contributed by atoms with Gasteiger partial charge in [-0.15, -0.1) is 0 Å². The summed E-state index contributed by atoms with van der Waals surface area (Å²) in [5.74, 6) is 0. The van der Waals surface area contributed by atoms with Crippen LogP contribution in [-0.4, -0.2) is 25.7 Å². The lowest BCUT2D eigenvalue weighted by Gasteiger charge is -2.11. The fourth-order valence-corrected chi connectivity index (χ4v) is 3.36.